The smallest absolute Gasteiger partial charge is 0.246 e. The van der Waals surface area contributed by atoms with E-state index in [4.69, 9.17) is 5.73 Å². The summed E-state index contributed by atoms with van der Waals surface area (Å²) in [6.45, 7) is 7.22. The minimum Gasteiger partial charge on any atom is -0.368 e. The molecule has 1 heterocycles. The molecule has 0 aliphatic carbocycles. The number of fused-ring (bicyclic) bond motifs is 1. The van der Waals surface area contributed by atoms with E-state index >= 15 is 0 Å². The topological polar surface area (TPSA) is 75.4 Å². The van der Waals surface area contributed by atoms with Crippen molar-refractivity contribution in [1.82, 2.24) is 10.2 Å². The summed E-state index contributed by atoms with van der Waals surface area (Å²) in [7, 11) is 0. The van der Waals surface area contributed by atoms with Crippen LogP contribution in [0.25, 0.3) is 0 Å². The maximum atomic E-state index is 12.8. The zero-order valence-electron chi connectivity index (χ0n) is 18.7. The maximum absolute atomic E-state index is 12.8. The first-order chi connectivity index (χ1) is 14.7. The number of nitrogens with one attached hydrogen (secondary N) is 1. The zero-order valence-corrected chi connectivity index (χ0v) is 18.7. The molecule has 5 heteroatoms. The summed E-state index contributed by atoms with van der Waals surface area (Å²) in [5.74, 6) is -0.402. The summed E-state index contributed by atoms with van der Waals surface area (Å²) < 4.78 is 0. The van der Waals surface area contributed by atoms with Gasteiger partial charge in [-0.05, 0) is 34.9 Å². The molecule has 0 fully saturated rings. The Hall–Kier alpha value is -2.92. The number of carbonyl (C=O) groups excluding carboxylic acids is 2. The predicted octanol–water partition coefficient (Wildman–Crippen LogP) is 3.58. The highest BCUT2D eigenvalue weighted by Crippen LogP contribution is 2.23. The molecule has 3 rings (SSSR count). The van der Waals surface area contributed by atoms with Gasteiger partial charge >= 0.3 is 0 Å². The Labute approximate surface area is 185 Å². The summed E-state index contributed by atoms with van der Waals surface area (Å²) in [4.78, 5) is 26.8. The third kappa shape index (κ3) is 6.28. The molecule has 2 atom stereocenters. The molecule has 5 nitrogen and oxygen atoms in total. The van der Waals surface area contributed by atoms with Crippen molar-refractivity contribution >= 4 is 11.8 Å². The Morgan fingerprint density at radius 3 is 2.16 bits per heavy atom. The van der Waals surface area contributed by atoms with Gasteiger partial charge in [0, 0.05) is 25.2 Å². The maximum Gasteiger partial charge on any atom is 0.246 e. The van der Waals surface area contributed by atoms with E-state index in [0.717, 1.165) is 12.8 Å². The van der Waals surface area contributed by atoms with E-state index in [0.29, 0.717) is 13.1 Å². The summed E-state index contributed by atoms with van der Waals surface area (Å²) in [6.07, 6.45) is 5.11. The second kappa shape index (κ2) is 9.92. The highest BCUT2D eigenvalue weighted by Gasteiger charge is 2.31. The van der Waals surface area contributed by atoms with Crippen molar-refractivity contribution in [3.63, 3.8) is 0 Å². The minimum absolute atomic E-state index is 0.0194. The molecule has 2 amide bonds. The van der Waals surface area contributed by atoms with Gasteiger partial charge in [0.25, 0.3) is 0 Å². The molecule has 3 N–H and O–H groups in total. The molecule has 31 heavy (non-hydrogen) atoms. The lowest BCUT2D eigenvalue weighted by atomic mass is 9.85. The quantitative estimate of drug-likeness (QED) is 0.642. The van der Waals surface area contributed by atoms with Crippen LogP contribution in [0, 0.1) is 5.41 Å². The molecule has 0 aromatic heterocycles. The number of nitrogens with zero attached hydrogens (tertiary/aromatic N) is 1. The van der Waals surface area contributed by atoms with Gasteiger partial charge < -0.3 is 10.6 Å². The monoisotopic (exact) mass is 419 g/mol. The van der Waals surface area contributed by atoms with E-state index in [1.807, 2.05) is 62.1 Å². The Morgan fingerprint density at radius 1 is 1.03 bits per heavy atom. The highest BCUT2D eigenvalue weighted by atomic mass is 16.2. The molecular weight excluding hydrogens is 386 g/mol. The van der Waals surface area contributed by atoms with Crippen LogP contribution in [-0.2, 0) is 29.1 Å². The van der Waals surface area contributed by atoms with Crippen molar-refractivity contribution in [2.75, 3.05) is 0 Å². The standard InChI is InChI=1S/C26H33N3O2/c1-26(2,3)24(25(27)31)28-22(14-13-19-9-5-4-6-10-19)15-16-23(30)29-17-20-11-7-8-12-21(20)18-29/h4-12,15-16,22,24,28H,13-14,17-18H2,1-3H3,(H2,27,31)/b16-15+/t22-,24+/m0/s1. The van der Waals surface area contributed by atoms with Gasteiger partial charge in [0.2, 0.25) is 11.8 Å². The van der Waals surface area contributed by atoms with Crippen molar-refractivity contribution in [2.45, 2.75) is 58.8 Å². The molecule has 0 bridgehead atoms. The van der Waals surface area contributed by atoms with Gasteiger partial charge in [0.05, 0.1) is 6.04 Å². The lowest BCUT2D eigenvalue weighted by Gasteiger charge is -2.32. The first-order valence-electron chi connectivity index (χ1n) is 10.9. The number of rotatable bonds is 8. The Bertz CT molecular complexity index is 906. The lowest BCUT2D eigenvalue weighted by molar-refractivity contribution is -0.126. The van der Waals surface area contributed by atoms with E-state index in [2.05, 4.69) is 29.6 Å². The average molecular weight is 420 g/mol. The molecule has 164 valence electrons. The number of hydrogen-bond donors (Lipinski definition) is 2. The van der Waals surface area contributed by atoms with Crippen LogP contribution in [0.2, 0.25) is 0 Å². The molecule has 1 aliphatic rings. The van der Waals surface area contributed by atoms with Crippen molar-refractivity contribution in [3.8, 4) is 0 Å². The fourth-order valence-corrected chi connectivity index (χ4v) is 3.97. The van der Waals surface area contributed by atoms with Crippen molar-refractivity contribution < 1.29 is 9.59 Å². The van der Waals surface area contributed by atoms with E-state index in [1.54, 1.807) is 6.08 Å². The molecule has 2 aromatic rings. The molecule has 0 radical (unpaired) electrons. The number of benzene rings is 2. The van der Waals surface area contributed by atoms with E-state index in [1.165, 1.54) is 16.7 Å². The normalized spacial score (nSPS) is 15.6. The predicted molar refractivity (Wildman–Crippen MR) is 124 cm³/mol. The van der Waals surface area contributed by atoms with Crippen LogP contribution >= 0.6 is 0 Å². The van der Waals surface area contributed by atoms with Crippen LogP contribution in [0.4, 0.5) is 0 Å². The van der Waals surface area contributed by atoms with Gasteiger partial charge in [-0.15, -0.1) is 0 Å². The second-order valence-electron chi connectivity index (χ2n) is 9.32. The Kier molecular flexibility index (Phi) is 7.29. The Morgan fingerprint density at radius 2 is 1.61 bits per heavy atom. The van der Waals surface area contributed by atoms with Crippen LogP contribution < -0.4 is 11.1 Å². The van der Waals surface area contributed by atoms with Gasteiger partial charge in [0.1, 0.15) is 0 Å². The fourth-order valence-electron chi connectivity index (χ4n) is 3.97. The van der Waals surface area contributed by atoms with Gasteiger partial charge in [0.15, 0.2) is 0 Å². The van der Waals surface area contributed by atoms with Crippen molar-refractivity contribution in [2.24, 2.45) is 11.1 Å². The number of amides is 2. The summed E-state index contributed by atoms with van der Waals surface area (Å²) in [5.41, 5.74) is 8.97. The number of aryl methyl sites for hydroxylation is 1. The number of hydrogen-bond acceptors (Lipinski definition) is 3. The van der Waals surface area contributed by atoms with Crippen LogP contribution in [-0.4, -0.2) is 28.8 Å². The molecule has 0 spiro atoms. The van der Waals surface area contributed by atoms with Crippen LogP contribution in [0.3, 0.4) is 0 Å². The molecular formula is C26H33N3O2. The number of primary amides is 1. The van der Waals surface area contributed by atoms with E-state index in [-0.39, 0.29) is 23.3 Å². The van der Waals surface area contributed by atoms with Crippen molar-refractivity contribution in [3.05, 3.63) is 83.4 Å². The number of nitrogens with two attached hydrogens (primary N) is 1. The SMILES string of the molecule is CC(C)(C)[C@H](N[C@H](/C=C/C(=O)N1Cc2ccccc2C1)CCc1ccccc1)C(N)=O. The first kappa shape index (κ1) is 22.8. The highest BCUT2D eigenvalue weighted by molar-refractivity contribution is 5.88. The third-order valence-corrected chi connectivity index (χ3v) is 5.74. The molecule has 2 aromatic carbocycles. The van der Waals surface area contributed by atoms with Gasteiger partial charge in [-0.3, -0.25) is 14.9 Å². The Balaban J connectivity index is 1.70. The lowest BCUT2D eigenvalue weighted by Crippen LogP contribution is -2.53. The largest absolute Gasteiger partial charge is 0.368 e. The molecule has 0 unspecified atom stereocenters. The molecule has 1 aliphatic heterocycles. The van der Waals surface area contributed by atoms with Crippen LogP contribution in [0.15, 0.2) is 66.7 Å². The van der Waals surface area contributed by atoms with Gasteiger partial charge in [-0.1, -0.05) is 81.4 Å². The van der Waals surface area contributed by atoms with Crippen molar-refractivity contribution in [1.29, 1.82) is 0 Å². The zero-order chi connectivity index (χ0) is 22.4. The van der Waals surface area contributed by atoms with Gasteiger partial charge in [-0.25, -0.2) is 0 Å². The summed E-state index contributed by atoms with van der Waals surface area (Å²) in [5, 5.41) is 3.39. The first-order valence-corrected chi connectivity index (χ1v) is 10.9. The number of carbonyl (C=O) groups is 2. The van der Waals surface area contributed by atoms with Crippen LogP contribution in [0.5, 0.6) is 0 Å². The van der Waals surface area contributed by atoms with E-state index in [9.17, 15) is 9.59 Å². The molecule has 0 saturated carbocycles. The summed E-state index contributed by atoms with van der Waals surface area (Å²) >= 11 is 0. The van der Waals surface area contributed by atoms with Gasteiger partial charge in [-0.2, -0.15) is 0 Å². The van der Waals surface area contributed by atoms with E-state index < -0.39 is 6.04 Å². The summed E-state index contributed by atoms with van der Waals surface area (Å²) in [6, 6.07) is 17.7. The fraction of sp³-hybridized carbons (Fsp3) is 0.385. The molecule has 0 saturated heterocycles. The average Bonchev–Trinajstić information content (AvgIpc) is 3.17. The second-order valence-corrected chi connectivity index (χ2v) is 9.32. The van der Waals surface area contributed by atoms with Crippen LogP contribution in [0.1, 0.15) is 43.9 Å². The minimum atomic E-state index is -0.496. The third-order valence-electron chi connectivity index (χ3n) is 5.74.